The maximum absolute atomic E-state index is 11.0. The molecule has 0 bridgehead atoms. The number of carbonyl (C=O) groups is 1. The number of thioether (sulfide) groups is 1. The first-order chi connectivity index (χ1) is 9.15. The van der Waals surface area contributed by atoms with Gasteiger partial charge in [-0.1, -0.05) is 11.8 Å². The average Bonchev–Trinajstić information content (AvgIpc) is 3.01. The molecular formula is C12H17N5OS. The maximum Gasteiger partial charge on any atom is 0.191 e. The van der Waals surface area contributed by atoms with E-state index in [0.717, 1.165) is 29.8 Å². The molecule has 19 heavy (non-hydrogen) atoms. The first-order valence-electron chi connectivity index (χ1n) is 6.25. The molecular weight excluding hydrogens is 262 g/mol. The topological polar surface area (TPSA) is 65.6 Å². The molecule has 0 fully saturated rings. The number of aryl methyl sites for hydroxylation is 1. The van der Waals surface area contributed by atoms with Crippen molar-refractivity contribution >= 4 is 17.5 Å². The van der Waals surface area contributed by atoms with Crippen molar-refractivity contribution in [1.82, 2.24) is 24.5 Å². The van der Waals surface area contributed by atoms with Gasteiger partial charge in [-0.2, -0.15) is 5.10 Å². The van der Waals surface area contributed by atoms with E-state index in [1.165, 1.54) is 11.8 Å². The van der Waals surface area contributed by atoms with E-state index >= 15 is 0 Å². The lowest BCUT2D eigenvalue weighted by Crippen LogP contribution is -2.03. The van der Waals surface area contributed by atoms with Gasteiger partial charge in [-0.3, -0.25) is 9.48 Å². The van der Waals surface area contributed by atoms with Crippen LogP contribution in [0.1, 0.15) is 20.8 Å². The fourth-order valence-electron chi connectivity index (χ4n) is 1.69. The van der Waals surface area contributed by atoms with Gasteiger partial charge in [0.25, 0.3) is 0 Å². The van der Waals surface area contributed by atoms with Crippen molar-refractivity contribution in [2.24, 2.45) is 0 Å². The summed E-state index contributed by atoms with van der Waals surface area (Å²) in [7, 11) is 0. The fraction of sp³-hybridized carbons (Fsp3) is 0.500. The summed E-state index contributed by atoms with van der Waals surface area (Å²) in [6.45, 7) is 7.22. The Bertz CT molecular complexity index is 574. The summed E-state index contributed by atoms with van der Waals surface area (Å²) >= 11 is 1.41. The smallest absolute Gasteiger partial charge is 0.191 e. The molecule has 2 rings (SSSR count). The Balaban J connectivity index is 2.28. The minimum Gasteiger partial charge on any atom is -0.301 e. The average molecular weight is 279 g/mol. The Morgan fingerprint density at radius 2 is 2.11 bits per heavy atom. The number of nitrogens with zero attached hydrogens (tertiary/aromatic N) is 5. The van der Waals surface area contributed by atoms with Crippen LogP contribution >= 0.6 is 11.8 Å². The minimum absolute atomic E-state index is 0.132. The number of hydrogen-bond acceptors (Lipinski definition) is 5. The molecule has 7 heteroatoms. The van der Waals surface area contributed by atoms with Gasteiger partial charge in [0.1, 0.15) is 11.5 Å². The number of carbonyl (C=O) groups excluding carboxylic acids is 1. The summed E-state index contributed by atoms with van der Waals surface area (Å²) in [5, 5.41) is 13.5. The van der Waals surface area contributed by atoms with Crippen LogP contribution < -0.4 is 0 Å². The molecule has 0 radical (unpaired) electrons. The van der Waals surface area contributed by atoms with Crippen molar-refractivity contribution in [3.8, 4) is 11.5 Å². The van der Waals surface area contributed by atoms with Crippen LogP contribution in [0.25, 0.3) is 11.5 Å². The number of ketones is 1. The maximum atomic E-state index is 11.0. The van der Waals surface area contributed by atoms with Crippen LogP contribution in [0.5, 0.6) is 0 Å². The van der Waals surface area contributed by atoms with Crippen LogP contribution in [-0.4, -0.2) is 36.1 Å². The zero-order chi connectivity index (χ0) is 13.8. The highest BCUT2D eigenvalue weighted by Crippen LogP contribution is 2.22. The van der Waals surface area contributed by atoms with Gasteiger partial charge in [-0.15, -0.1) is 10.2 Å². The number of rotatable bonds is 6. The summed E-state index contributed by atoms with van der Waals surface area (Å²) in [6.07, 6.45) is 1.92. The van der Waals surface area contributed by atoms with Crippen molar-refractivity contribution in [3.63, 3.8) is 0 Å². The monoisotopic (exact) mass is 279 g/mol. The Hall–Kier alpha value is -1.63. The van der Waals surface area contributed by atoms with Crippen LogP contribution in [0.3, 0.4) is 0 Å². The van der Waals surface area contributed by atoms with E-state index in [2.05, 4.69) is 15.3 Å². The van der Waals surface area contributed by atoms with E-state index in [1.54, 1.807) is 6.92 Å². The van der Waals surface area contributed by atoms with E-state index in [4.69, 9.17) is 0 Å². The summed E-state index contributed by atoms with van der Waals surface area (Å²) in [6, 6.07) is 1.93. The van der Waals surface area contributed by atoms with Gasteiger partial charge in [0.2, 0.25) is 0 Å². The van der Waals surface area contributed by atoms with E-state index < -0.39 is 0 Å². The fourth-order valence-corrected chi connectivity index (χ4v) is 2.50. The van der Waals surface area contributed by atoms with Gasteiger partial charge < -0.3 is 4.57 Å². The van der Waals surface area contributed by atoms with Crippen molar-refractivity contribution in [2.75, 3.05) is 5.75 Å². The molecule has 0 N–H and O–H groups in total. The molecule has 0 aromatic carbocycles. The van der Waals surface area contributed by atoms with Gasteiger partial charge in [0, 0.05) is 19.3 Å². The molecule has 0 saturated carbocycles. The molecule has 0 aliphatic rings. The van der Waals surface area contributed by atoms with Gasteiger partial charge in [0.15, 0.2) is 11.0 Å². The predicted molar refractivity (Wildman–Crippen MR) is 74.0 cm³/mol. The largest absolute Gasteiger partial charge is 0.301 e. The molecule has 0 unspecified atom stereocenters. The highest BCUT2D eigenvalue weighted by Gasteiger charge is 2.15. The minimum atomic E-state index is 0.132. The van der Waals surface area contributed by atoms with Gasteiger partial charge >= 0.3 is 0 Å². The number of hydrogen-bond donors (Lipinski definition) is 0. The third-order valence-electron chi connectivity index (χ3n) is 2.63. The third-order valence-corrected chi connectivity index (χ3v) is 3.74. The molecule has 0 amide bonds. The Kier molecular flexibility index (Phi) is 4.36. The van der Waals surface area contributed by atoms with E-state index in [9.17, 15) is 4.79 Å². The van der Waals surface area contributed by atoms with Gasteiger partial charge in [-0.05, 0) is 26.8 Å². The van der Waals surface area contributed by atoms with E-state index in [0.29, 0.717) is 5.75 Å². The quantitative estimate of drug-likeness (QED) is 0.755. The second kappa shape index (κ2) is 6.01. The molecule has 0 atom stereocenters. The summed E-state index contributed by atoms with van der Waals surface area (Å²) in [5.41, 5.74) is 0.811. The molecule has 0 spiro atoms. The van der Waals surface area contributed by atoms with Crippen LogP contribution in [-0.2, 0) is 17.9 Å². The van der Waals surface area contributed by atoms with Crippen molar-refractivity contribution < 1.29 is 4.79 Å². The van der Waals surface area contributed by atoms with Gasteiger partial charge in [-0.25, -0.2) is 0 Å². The van der Waals surface area contributed by atoms with E-state index in [1.807, 2.05) is 35.4 Å². The number of Topliss-reactive ketones (excluding diaryl/α,β-unsaturated/α-hetero) is 1. The summed E-state index contributed by atoms with van der Waals surface area (Å²) in [5.74, 6) is 1.30. The predicted octanol–water partition coefficient (Wildman–Crippen LogP) is 1.86. The van der Waals surface area contributed by atoms with Crippen LogP contribution in [0.4, 0.5) is 0 Å². The summed E-state index contributed by atoms with van der Waals surface area (Å²) < 4.78 is 3.84. The van der Waals surface area contributed by atoms with Crippen molar-refractivity contribution in [1.29, 1.82) is 0 Å². The lowest BCUT2D eigenvalue weighted by atomic mass is 10.4. The third kappa shape index (κ3) is 3.04. The SMILES string of the molecule is CCn1ccc(-c2nnc(SCC(C)=O)n2CC)n1. The second-order valence-corrected chi connectivity index (χ2v) is 5.04. The molecule has 2 aromatic heterocycles. The lowest BCUT2D eigenvalue weighted by molar-refractivity contribution is -0.114. The van der Waals surface area contributed by atoms with E-state index in [-0.39, 0.29) is 5.78 Å². The second-order valence-electron chi connectivity index (χ2n) is 4.10. The first kappa shape index (κ1) is 13.8. The van der Waals surface area contributed by atoms with Crippen LogP contribution in [0.2, 0.25) is 0 Å². The highest BCUT2D eigenvalue weighted by atomic mass is 32.2. The van der Waals surface area contributed by atoms with Crippen molar-refractivity contribution in [3.05, 3.63) is 12.3 Å². The normalized spacial score (nSPS) is 10.9. The van der Waals surface area contributed by atoms with Crippen LogP contribution in [0.15, 0.2) is 17.4 Å². The standard InChI is InChI=1S/C12H17N5OS/c1-4-16-7-6-10(15-16)11-13-14-12(17(11)5-2)19-8-9(3)18/h6-7H,4-5,8H2,1-3H3. The molecule has 0 aliphatic heterocycles. The molecule has 0 saturated heterocycles. The van der Waals surface area contributed by atoms with Crippen LogP contribution in [0, 0.1) is 0 Å². The molecule has 2 aromatic rings. The number of aromatic nitrogens is 5. The van der Waals surface area contributed by atoms with Gasteiger partial charge in [0.05, 0.1) is 5.75 Å². The highest BCUT2D eigenvalue weighted by molar-refractivity contribution is 7.99. The lowest BCUT2D eigenvalue weighted by Gasteiger charge is -2.04. The molecule has 6 nitrogen and oxygen atoms in total. The molecule has 0 aliphatic carbocycles. The first-order valence-corrected chi connectivity index (χ1v) is 7.23. The zero-order valence-corrected chi connectivity index (χ0v) is 12.1. The zero-order valence-electron chi connectivity index (χ0n) is 11.3. The molecule has 102 valence electrons. The Morgan fingerprint density at radius 1 is 1.32 bits per heavy atom. The summed E-state index contributed by atoms with van der Waals surface area (Å²) in [4.78, 5) is 11.0. The van der Waals surface area contributed by atoms with Crippen molar-refractivity contribution in [2.45, 2.75) is 39.0 Å². The molecule has 2 heterocycles. The Morgan fingerprint density at radius 3 is 2.68 bits per heavy atom. The Labute approximate surface area is 116 Å².